The molecule has 0 aliphatic carbocycles. The zero-order valence-corrected chi connectivity index (χ0v) is 50.2. The Morgan fingerprint density at radius 3 is 1.72 bits per heavy atom. The first-order valence-electron chi connectivity index (χ1n) is 8.91. The summed E-state index contributed by atoms with van der Waals surface area (Å²) >= 11 is 0. The molecule has 1 saturated heterocycles. The second kappa shape index (κ2) is 29.6. The Balaban J connectivity index is -0.000000160. The van der Waals surface area contributed by atoms with Gasteiger partial charge in [-0.05, 0) is 25.0 Å². The van der Waals surface area contributed by atoms with Crippen molar-refractivity contribution in [2.24, 2.45) is 0 Å². The number of piperidine rings is 1. The Bertz CT molecular complexity index is 1000. The number of carbonyl (C=O) groups excluding carboxylic acids is 1. The number of hydrogen-bond donors (Lipinski definition) is 1. The van der Waals surface area contributed by atoms with E-state index < -0.39 is 27.7 Å². The summed E-state index contributed by atoms with van der Waals surface area (Å²) in [4.78, 5) is 22.1. The van der Waals surface area contributed by atoms with Crippen LogP contribution in [0.15, 0.2) is 30.6 Å². The van der Waals surface area contributed by atoms with Gasteiger partial charge in [0.15, 0.2) is 5.82 Å². The first kappa shape index (κ1) is 62.1. The van der Waals surface area contributed by atoms with Crippen molar-refractivity contribution in [2.75, 3.05) is 31.7 Å². The molecule has 0 bridgehead atoms. The fourth-order valence-corrected chi connectivity index (χ4v) is 4.04. The molecule has 1 aliphatic heterocycles. The van der Waals surface area contributed by atoms with Crippen LogP contribution in [0.5, 0.6) is 0 Å². The molecule has 1 fully saturated rings. The number of rotatable bonds is 4. The van der Waals surface area contributed by atoms with E-state index in [1.165, 1.54) is 27.9 Å². The minimum Gasteiger partial charge on any atom is -0.324 e. The molecule has 1 N–H and O–H groups in total. The van der Waals surface area contributed by atoms with E-state index in [2.05, 4.69) is 15.3 Å². The minimum absolute atomic E-state index is 0. The van der Waals surface area contributed by atoms with E-state index in [4.69, 9.17) is 0 Å². The maximum absolute atomic E-state index is 13.3. The molecule has 1 aliphatic rings. The molecule has 2 heterocycles. The molecule has 1 aromatic carbocycles. The predicted octanol–water partition coefficient (Wildman–Crippen LogP) is 2.28. The van der Waals surface area contributed by atoms with Gasteiger partial charge in [-0.1, -0.05) is 0 Å². The Kier molecular flexibility index (Phi) is 47.2. The summed E-state index contributed by atoms with van der Waals surface area (Å²) in [5.41, 5.74) is 0.505. The van der Waals surface area contributed by atoms with Crippen molar-refractivity contribution in [3.8, 4) is 11.3 Å². The molecule has 0 radical (unpaired) electrons. The van der Waals surface area contributed by atoms with Crippen LogP contribution in [0.3, 0.4) is 0 Å². The average molecular weight is 2260 g/mol. The molecule has 0 spiro atoms. The summed E-state index contributed by atoms with van der Waals surface area (Å²) in [6.45, 7) is 0.722. The van der Waals surface area contributed by atoms with Crippen molar-refractivity contribution in [2.45, 2.75) is 18.9 Å². The van der Waals surface area contributed by atoms with Gasteiger partial charge < -0.3 is 4.90 Å². The number of halogens is 2. The smallest absolute Gasteiger partial charge is 0.323 e. The van der Waals surface area contributed by atoms with Gasteiger partial charge in [0.1, 0.15) is 11.6 Å². The number of hydrogen-bond acceptors (Lipinski definition) is 5. The Morgan fingerprint density at radius 2 is 1.33 bits per heavy atom. The second-order valence-corrected chi connectivity index (χ2v) is 8.86. The molecular weight excluding hydrogens is 2240 g/mol. The molecule has 0 atom stereocenters. The Hall–Kier alpha value is 4.22. The largest absolute Gasteiger partial charge is 0.324 e. The summed E-state index contributed by atoms with van der Waals surface area (Å²) in [5, 5.41) is 2.62. The van der Waals surface area contributed by atoms with Crippen LogP contribution in [0.2, 0.25) is 0 Å². The molecule has 2 aromatic rings. The fourth-order valence-electron chi connectivity index (χ4n) is 3.17. The van der Waals surface area contributed by atoms with Crippen LogP contribution in [-0.2, 0) is 221 Å². The first-order chi connectivity index (χ1) is 13.6. The third kappa shape index (κ3) is 20.2. The van der Waals surface area contributed by atoms with Gasteiger partial charge in [0, 0.05) is 248 Å². The third-order valence-electron chi connectivity index (χ3n) is 4.81. The van der Waals surface area contributed by atoms with E-state index in [1.54, 1.807) is 7.05 Å². The van der Waals surface area contributed by atoms with Crippen molar-refractivity contribution in [3.05, 3.63) is 42.2 Å². The topological polar surface area (TPSA) is 95.5 Å². The molecule has 0 unspecified atom stereocenters. The second-order valence-electron chi connectivity index (χ2n) is 6.88. The fraction of sp³-hybridized carbons (Fsp3) is 0.389. The number of anilines is 1. The van der Waals surface area contributed by atoms with E-state index in [0.29, 0.717) is 25.9 Å². The van der Waals surface area contributed by atoms with Gasteiger partial charge in [-0.3, -0.25) is 10.3 Å². The standard InChI is InChI=1S/C18H21F2N5O3S.10W/c1-24(15-3-5-25(6-4-15)29(2,27)28)18(26)23-17-11-21-16(10-22-17)12-7-13(19)9-14(20)8-12;;;;;;;;;;/h7-11,15H,3-6H2,1-2H3,(H,22,23,26);;;;;;;;;;. The number of benzene rings is 1. The summed E-state index contributed by atoms with van der Waals surface area (Å²) in [6, 6.07) is 2.54. The van der Waals surface area contributed by atoms with E-state index in [-0.39, 0.29) is 234 Å². The summed E-state index contributed by atoms with van der Waals surface area (Å²) in [5.74, 6) is -1.25. The minimum atomic E-state index is -3.23. The van der Waals surface area contributed by atoms with Crippen LogP contribution >= 0.6 is 0 Å². The maximum Gasteiger partial charge on any atom is 0.323 e. The molecule has 0 saturated carbocycles. The van der Waals surface area contributed by atoms with Crippen LogP contribution in [-0.4, -0.2) is 66.1 Å². The normalized spacial score (nSPS) is 11.8. The average Bonchev–Trinajstić information content (AvgIpc) is 2.66. The maximum atomic E-state index is 13.3. The summed E-state index contributed by atoms with van der Waals surface area (Å²) in [7, 11) is -1.59. The van der Waals surface area contributed by atoms with E-state index in [1.807, 2.05) is 0 Å². The van der Waals surface area contributed by atoms with Gasteiger partial charge >= 0.3 is 6.03 Å². The van der Waals surface area contributed by atoms with Crippen LogP contribution in [0.1, 0.15) is 12.8 Å². The van der Waals surface area contributed by atoms with Gasteiger partial charge in [-0.25, -0.2) is 31.3 Å². The van der Waals surface area contributed by atoms with Crippen molar-refractivity contribution < 1.29 is 233 Å². The summed E-state index contributed by atoms with van der Waals surface area (Å²) in [6.07, 6.45) is 4.86. The third-order valence-corrected chi connectivity index (χ3v) is 6.11. The van der Waals surface area contributed by atoms with Gasteiger partial charge in [-0.2, -0.15) is 0 Å². The van der Waals surface area contributed by atoms with Crippen LogP contribution in [0.4, 0.5) is 19.4 Å². The van der Waals surface area contributed by atoms with Gasteiger partial charge in [0.25, 0.3) is 0 Å². The predicted molar refractivity (Wildman–Crippen MR) is 104 cm³/mol. The Labute approximate surface area is 371 Å². The van der Waals surface area contributed by atoms with Crippen molar-refractivity contribution in [1.29, 1.82) is 0 Å². The zero-order valence-electron chi connectivity index (χ0n) is 20.1. The monoisotopic (exact) mass is 2260 g/mol. The van der Waals surface area contributed by atoms with Gasteiger partial charge in [-0.15, -0.1) is 0 Å². The van der Waals surface area contributed by atoms with Crippen molar-refractivity contribution >= 4 is 21.9 Å². The molecule has 1 aromatic heterocycles. The van der Waals surface area contributed by atoms with Crippen LogP contribution in [0.25, 0.3) is 11.3 Å². The summed E-state index contributed by atoms with van der Waals surface area (Å²) < 4.78 is 51.2. The number of nitrogens with one attached hydrogen (secondary N) is 1. The molecule has 2 amide bonds. The van der Waals surface area contributed by atoms with E-state index >= 15 is 0 Å². The van der Waals surface area contributed by atoms with Crippen LogP contribution in [0, 0.1) is 11.6 Å². The van der Waals surface area contributed by atoms with E-state index in [0.717, 1.165) is 18.2 Å². The first-order valence-corrected chi connectivity index (χ1v) is 10.8. The van der Waals surface area contributed by atoms with Gasteiger partial charge in [0.2, 0.25) is 10.0 Å². The van der Waals surface area contributed by atoms with Crippen molar-refractivity contribution in [3.63, 3.8) is 0 Å². The Morgan fingerprint density at radius 1 is 0.872 bits per heavy atom. The number of nitrogens with zero attached hydrogens (tertiary/aromatic N) is 4. The van der Waals surface area contributed by atoms with Crippen LogP contribution < -0.4 is 5.32 Å². The molecule has 8 nitrogen and oxygen atoms in total. The quantitative estimate of drug-likeness (QED) is 0.508. The van der Waals surface area contributed by atoms with Gasteiger partial charge in [0.05, 0.1) is 24.3 Å². The number of urea groups is 1. The number of amides is 2. The number of aromatic nitrogens is 2. The number of sulfonamides is 1. The molecular formula is C18H21F2N5O3SW10. The molecule has 39 heavy (non-hydrogen) atoms. The van der Waals surface area contributed by atoms with Crippen molar-refractivity contribution in [1.82, 2.24) is 19.2 Å². The molecule has 3 rings (SSSR count). The molecule has 216 valence electrons. The zero-order chi connectivity index (χ0) is 21.2. The number of carbonyl (C=O) groups is 1. The SMILES string of the molecule is CN(C(=O)Nc1cnc(-c2cc(F)cc(F)c2)cn1)C1CCN(S(C)(=O)=O)CC1.[W].[W].[W].[W].[W].[W].[W].[W].[W].[W]. The molecule has 21 heteroatoms. The van der Waals surface area contributed by atoms with E-state index in [9.17, 15) is 22.0 Å².